The largest absolute Gasteiger partial charge is 0.461 e. The number of nitrogens with zero attached hydrogens (tertiary/aromatic N) is 1. The molecule has 1 aromatic carbocycles. The van der Waals surface area contributed by atoms with Gasteiger partial charge in [-0.3, -0.25) is 4.99 Å². The predicted molar refractivity (Wildman–Crippen MR) is 54.5 cm³/mol. The summed E-state index contributed by atoms with van der Waals surface area (Å²) in [5.74, 6) is 0.923. The Morgan fingerprint density at radius 2 is 2.08 bits per heavy atom. The average Bonchev–Trinajstić information content (AvgIpc) is 2.44. The van der Waals surface area contributed by atoms with Crippen LogP contribution in [0.1, 0.15) is 11.3 Å². The first-order valence-electron chi connectivity index (χ1n) is 4.23. The summed E-state index contributed by atoms with van der Waals surface area (Å²) in [7, 11) is 1.77. The molecule has 0 radical (unpaired) electrons. The Balaban J connectivity index is 2.78. The predicted octanol–water partition coefficient (Wildman–Crippen LogP) is 2.79. The zero-order valence-electron chi connectivity index (χ0n) is 7.74. The van der Waals surface area contributed by atoms with E-state index in [1.54, 1.807) is 7.05 Å². The van der Waals surface area contributed by atoms with Crippen molar-refractivity contribution in [1.82, 2.24) is 0 Å². The van der Waals surface area contributed by atoms with Crippen LogP contribution in [0.4, 0.5) is 0 Å². The van der Waals surface area contributed by atoms with Crippen molar-refractivity contribution in [3.05, 3.63) is 35.6 Å². The molecule has 0 N–H and O–H groups in total. The third kappa shape index (κ3) is 1.24. The fourth-order valence-corrected chi connectivity index (χ4v) is 1.48. The van der Waals surface area contributed by atoms with Gasteiger partial charge in [-0.15, -0.1) is 0 Å². The number of benzene rings is 1. The standard InChI is InChI=1S/C11H11NO/c1-8-10(7-12-2)9-5-3-4-6-11(9)13-8/h3-7H,1-2H3/b12-7-. The lowest BCUT2D eigenvalue weighted by atomic mass is 10.1. The Morgan fingerprint density at radius 1 is 1.31 bits per heavy atom. The summed E-state index contributed by atoms with van der Waals surface area (Å²) in [5, 5.41) is 1.13. The van der Waals surface area contributed by atoms with Gasteiger partial charge in [-0.1, -0.05) is 18.2 Å². The van der Waals surface area contributed by atoms with Crippen LogP contribution in [-0.2, 0) is 0 Å². The fourth-order valence-electron chi connectivity index (χ4n) is 1.48. The van der Waals surface area contributed by atoms with Gasteiger partial charge < -0.3 is 4.42 Å². The molecule has 0 atom stereocenters. The third-order valence-electron chi connectivity index (χ3n) is 2.08. The van der Waals surface area contributed by atoms with Gasteiger partial charge in [0.15, 0.2) is 0 Å². The van der Waals surface area contributed by atoms with Crippen LogP contribution in [-0.4, -0.2) is 13.3 Å². The maximum Gasteiger partial charge on any atom is 0.134 e. The van der Waals surface area contributed by atoms with Crippen LogP contribution in [0.15, 0.2) is 33.7 Å². The molecule has 1 heterocycles. The summed E-state index contributed by atoms with van der Waals surface area (Å²) in [6.07, 6.45) is 1.83. The first-order valence-corrected chi connectivity index (χ1v) is 4.23. The van der Waals surface area contributed by atoms with Gasteiger partial charge in [0.2, 0.25) is 0 Å². The highest BCUT2D eigenvalue weighted by Gasteiger charge is 2.06. The van der Waals surface area contributed by atoms with E-state index in [9.17, 15) is 0 Å². The molecule has 0 saturated carbocycles. The molecular formula is C11H11NO. The van der Waals surface area contributed by atoms with E-state index in [-0.39, 0.29) is 0 Å². The van der Waals surface area contributed by atoms with Gasteiger partial charge in [0.25, 0.3) is 0 Å². The van der Waals surface area contributed by atoms with Crippen molar-refractivity contribution in [2.75, 3.05) is 7.05 Å². The molecule has 2 aromatic rings. The minimum Gasteiger partial charge on any atom is -0.461 e. The summed E-state index contributed by atoms with van der Waals surface area (Å²) in [6.45, 7) is 1.96. The molecule has 0 saturated heterocycles. The van der Waals surface area contributed by atoms with Crippen molar-refractivity contribution in [3.63, 3.8) is 0 Å². The minimum absolute atomic E-state index is 0.923. The minimum atomic E-state index is 0.923. The van der Waals surface area contributed by atoms with Gasteiger partial charge in [0.1, 0.15) is 11.3 Å². The maximum atomic E-state index is 5.56. The number of aliphatic imine (C=N–C) groups is 1. The molecule has 0 unspecified atom stereocenters. The molecule has 2 nitrogen and oxygen atoms in total. The number of fused-ring (bicyclic) bond motifs is 1. The highest BCUT2D eigenvalue weighted by Crippen LogP contribution is 2.23. The van der Waals surface area contributed by atoms with E-state index < -0.39 is 0 Å². The summed E-state index contributed by atoms with van der Waals surface area (Å²) in [4.78, 5) is 4.00. The summed E-state index contributed by atoms with van der Waals surface area (Å²) < 4.78 is 5.56. The second-order valence-corrected chi connectivity index (χ2v) is 2.96. The van der Waals surface area contributed by atoms with Gasteiger partial charge in [-0.2, -0.15) is 0 Å². The zero-order chi connectivity index (χ0) is 9.26. The molecule has 0 fully saturated rings. The van der Waals surface area contributed by atoms with Crippen molar-refractivity contribution < 1.29 is 4.42 Å². The highest BCUT2D eigenvalue weighted by atomic mass is 16.3. The molecule has 66 valence electrons. The Labute approximate surface area is 76.9 Å². The molecule has 2 rings (SSSR count). The normalized spacial score (nSPS) is 11.5. The topological polar surface area (TPSA) is 25.5 Å². The van der Waals surface area contributed by atoms with Crippen LogP contribution in [0.2, 0.25) is 0 Å². The van der Waals surface area contributed by atoms with E-state index in [0.717, 1.165) is 22.3 Å². The van der Waals surface area contributed by atoms with Crippen LogP contribution in [0.5, 0.6) is 0 Å². The molecule has 1 aromatic heterocycles. The zero-order valence-corrected chi connectivity index (χ0v) is 7.74. The lowest BCUT2D eigenvalue weighted by Crippen LogP contribution is -1.80. The highest BCUT2D eigenvalue weighted by molar-refractivity contribution is 5.99. The Kier molecular flexibility index (Phi) is 1.89. The first kappa shape index (κ1) is 8.05. The molecular weight excluding hydrogens is 162 g/mol. The van der Waals surface area contributed by atoms with E-state index in [1.807, 2.05) is 37.4 Å². The Hall–Kier alpha value is -1.57. The second kappa shape index (κ2) is 3.05. The number of aryl methyl sites for hydroxylation is 1. The fraction of sp³-hybridized carbons (Fsp3) is 0.182. The molecule has 0 spiro atoms. The molecule has 0 bridgehead atoms. The van der Waals surface area contributed by atoms with Crippen LogP contribution < -0.4 is 0 Å². The van der Waals surface area contributed by atoms with E-state index >= 15 is 0 Å². The summed E-state index contributed by atoms with van der Waals surface area (Å²) in [6, 6.07) is 7.99. The molecule has 2 heteroatoms. The van der Waals surface area contributed by atoms with Crippen molar-refractivity contribution in [2.24, 2.45) is 4.99 Å². The monoisotopic (exact) mass is 173 g/mol. The SMILES string of the molecule is C/N=C\c1c(C)oc2ccccc12. The summed E-state index contributed by atoms with van der Waals surface area (Å²) in [5.41, 5.74) is 2.01. The molecule has 0 aliphatic rings. The number of rotatable bonds is 1. The van der Waals surface area contributed by atoms with Gasteiger partial charge in [-0.05, 0) is 13.0 Å². The number of hydrogen-bond acceptors (Lipinski definition) is 2. The number of hydrogen-bond donors (Lipinski definition) is 0. The van der Waals surface area contributed by atoms with E-state index in [2.05, 4.69) is 4.99 Å². The Morgan fingerprint density at radius 3 is 2.85 bits per heavy atom. The van der Waals surface area contributed by atoms with Crippen molar-refractivity contribution in [1.29, 1.82) is 0 Å². The number of para-hydroxylation sites is 1. The quantitative estimate of drug-likeness (QED) is 0.609. The van der Waals surface area contributed by atoms with Gasteiger partial charge in [0, 0.05) is 24.2 Å². The third-order valence-corrected chi connectivity index (χ3v) is 2.08. The second-order valence-electron chi connectivity index (χ2n) is 2.96. The van der Waals surface area contributed by atoms with E-state index in [0.29, 0.717) is 0 Å². The van der Waals surface area contributed by atoms with Gasteiger partial charge >= 0.3 is 0 Å². The lowest BCUT2D eigenvalue weighted by Gasteiger charge is -1.87. The van der Waals surface area contributed by atoms with Crippen LogP contribution in [0, 0.1) is 6.92 Å². The van der Waals surface area contributed by atoms with Crippen LogP contribution >= 0.6 is 0 Å². The van der Waals surface area contributed by atoms with Gasteiger partial charge in [0.05, 0.1) is 0 Å². The van der Waals surface area contributed by atoms with Crippen molar-refractivity contribution in [2.45, 2.75) is 6.92 Å². The van der Waals surface area contributed by atoms with E-state index in [4.69, 9.17) is 4.42 Å². The maximum absolute atomic E-state index is 5.56. The molecule has 13 heavy (non-hydrogen) atoms. The van der Waals surface area contributed by atoms with E-state index in [1.165, 1.54) is 0 Å². The first-order chi connectivity index (χ1) is 6.33. The molecule has 0 aliphatic heterocycles. The smallest absolute Gasteiger partial charge is 0.134 e. The van der Waals surface area contributed by atoms with Gasteiger partial charge in [-0.25, -0.2) is 0 Å². The summed E-state index contributed by atoms with van der Waals surface area (Å²) >= 11 is 0. The molecule has 0 amide bonds. The Bertz CT molecular complexity index is 454. The lowest BCUT2D eigenvalue weighted by molar-refractivity contribution is 0.578. The van der Waals surface area contributed by atoms with Crippen molar-refractivity contribution in [3.8, 4) is 0 Å². The van der Waals surface area contributed by atoms with Crippen LogP contribution in [0.3, 0.4) is 0 Å². The molecule has 0 aliphatic carbocycles. The number of furan rings is 1. The van der Waals surface area contributed by atoms with Crippen molar-refractivity contribution >= 4 is 17.2 Å². The van der Waals surface area contributed by atoms with Crippen LogP contribution in [0.25, 0.3) is 11.0 Å². The average molecular weight is 173 g/mol.